The fourth-order valence-corrected chi connectivity index (χ4v) is 2.99. The number of aryl methyl sites for hydroxylation is 1. The van der Waals surface area contributed by atoms with Gasteiger partial charge in [0.1, 0.15) is 24.1 Å². The van der Waals surface area contributed by atoms with Gasteiger partial charge in [0.2, 0.25) is 0 Å². The summed E-state index contributed by atoms with van der Waals surface area (Å²) >= 11 is 0. The molecule has 2 heterocycles. The molecule has 0 aliphatic carbocycles. The van der Waals surface area contributed by atoms with Crippen molar-refractivity contribution < 1.29 is 25.2 Å². The first-order valence-electron chi connectivity index (χ1n) is 8.41. The highest BCUT2D eigenvalue weighted by Crippen LogP contribution is 2.28. The number of hydrogen-bond acceptors (Lipinski definition) is 9. The van der Waals surface area contributed by atoms with E-state index in [1.165, 1.54) is 11.7 Å². The van der Waals surface area contributed by atoms with Crippen molar-refractivity contribution in [2.24, 2.45) is 0 Å². The number of nitrogens with zero attached hydrogens (tertiary/aromatic N) is 3. The second-order valence-electron chi connectivity index (χ2n) is 6.38. The van der Waals surface area contributed by atoms with Crippen molar-refractivity contribution in [2.75, 3.05) is 13.7 Å². The van der Waals surface area contributed by atoms with Crippen molar-refractivity contribution in [1.82, 2.24) is 19.5 Å². The van der Waals surface area contributed by atoms with Gasteiger partial charge in [0.05, 0.1) is 31.3 Å². The van der Waals surface area contributed by atoms with Gasteiger partial charge in [-0.15, -0.1) is 0 Å². The van der Waals surface area contributed by atoms with Crippen molar-refractivity contribution in [3.63, 3.8) is 0 Å². The molecule has 0 amide bonds. The summed E-state index contributed by atoms with van der Waals surface area (Å²) < 4.78 is 6.64. The van der Waals surface area contributed by atoms with E-state index in [0.717, 1.165) is 5.56 Å². The Kier molecular flexibility index (Phi) is 5.42. The van der Waals surface area contributed by atoms with Crippen LogP contribution in [0.4, 0.5) is 0 Å². The lowest BCUT2D eigenvalue weighted by atomic mass is 10.1. The second kappa shape index (κ2) is 7.64. The van der Waals surface area contributed by atoms with Crippen LogP contribution in [0.2, 0.25) is 0 Å². The van der Waals surface area contributed by atoms with E-state index in [0.29, 0.717) is 16.8 Å². The van der Waals surface area contributed by atoms with Crippen molar-refractivity contribution in [3.05, 3.63) is 38.5 Å². The van der Waals surface area contributed by atoms with Gasteiger partial charge in [-0.3, -0.25) is 9.78 Å². The standard InChI is InChI=1S/C17H20N4O7/c1-7-3-8-9(4-12(7)28-2)21(5-10(23)14(25)11(24)6-22)15-13(18-8)16(26)20-17(27)19-15/h3-4,10-11,14,22-25H,5-6H2,1-2H3,(H,20,26,27)/t10-,11+,14-/m0/s1. The Labute approximate surface area is 157 Å². The Morgan fingerprint density at radius 1 is 1.18 bits per heavy atom. The topological polar surface area (TPSA) is 171 Å². The minimum Gasteiger partial charge on any atom is -0.496 e. The van der Waals surface area contributed by atoms with Crippen LogP contribution >= 0.6 is 0 Å². The third-order valence-corrected chi connectivity index (χ3v) is 4.47. The molecule has 0 aromatic heterocycles. The van der Waals surface area contributed by atoms with Gasteiger partial charge in [-0.2, -0.15) is 4.98 Å². The van der Waals surface area contributed by atoms with E-state index in [4.69, 9.17) is 9.84 Å². The van der Waals surface area contributed by atoms with Gasteiger partial charge in [0.15, 0.2) is 11.5 Å². The van der Waals surface area contributed by atoms with Crippen LogP contribution in [0.5, 0.6) is 5.75 Å². The molecule has 0 saturated heterocycles. The van der Waals surface area contributed by atoms with Crippen LogP contribution in [0, 0.1) is 6.92 Å². The summed E-state index contributed by atoms with van der Waals surface area (Å²) in [4.78, 5) is 34.0. The van der Waals surface area contributed by atoms with Gasteiger partial charge in [0.25, 0.3) is 5.56 Å². The summed E-state index contributed by atoms with van der Waals surface area (Å²) in [5.74, 6) is 0.400. The fourth-order valence-electron chi connectivity index (χ4n) is 2.99. The summed E-state index contributed by atoms with van der Waals surface area (Å²) in [7, 11) is 1.47. The molecule has 28 heavy (non-hydrogen) atoms. The number of hydrogen-bond donors (Lipinski definition) is 5. The molecule has 0 fully saturated rings. The van der Waals surface area contributed by atoms with Crippen LogP contribution in [0.1, 0.15) is 5.56 Å². The highest BCUT2D eigenvalue weighted by atomic mass is 16.5. The Morgan fingerprint density at radius 2 is 1.89 bits per heavy atom. The summed E-state index contributed by atoms with van der Waals surface area (Å²) in [5, 5.41) is 38.9. The van der Waals surface area contributed by atoms with Gasteiger partial charge < -0.3 is 29.7 Å². The predicted octanol–water partition coefficient (Wildman–Crippen LogP) is -2.02. The number of methoxy groups -OCH3 is 1. The molecule has 0 radical (unpaired) electrons. The third kappa shape index (κ3) is 3.47. The molecule has 1 aromatic carbocycles. The van der Waals surface area contributed by atoms with Crippen molar-refractivity contribution in [1.29, 1.82) is 0 Å². The third-order valence-electron chi connectivity index (χ3n) is 4.47. The lowest BCUT2D eigenvalue weighted by Gasteiger charge is -2.25. The van der Waals surface area contributed by atoms with Crippen molar-refractivity contribution in [2.45, 2.75) is 31.8 Å². The molecule has 0 spiro atoms. The number of aromatic amines is 1. The maximum atomic E-state index is 12.2. The van der Waals surface area contributed by atoms with Crippen LogP contribution in [0.15, 0.2) is 21.7 Å². The normalized spacial score (nSPS) is 14.9. The van der Waals surface area contributed by atoms with E-state index in [1.54, 1.807) is 19.1 Å². The lowest BCUT2D eigenvalue weighted by Crippen LogP contribution is -2.42. The summed E-state index contributed by atoms with van der Waals surface area (Å²) in [6.07, 6.45) is -4.78. The number of fused-ring (bicyclic) bond motifs is 2. The Bertz CT molecular complexity index is 1090. The Balaban J connectivity index is 2.29. The molecule has 11 heteroatoms. The average molecular weight is 392 g/mol. The number of aliphatic hydroxyl groups is 4. The van der Waals surface area contributed by atoms with Gasteiger partial charge in [-0.05, 0) is 18.6 Å². The summed E-state index contributed by atoms with van der Waals surface area (Å²) in [6, 6.07) is 3.27. The van der Waals surface area contributed by atoms with Gasteiger partial charge in [-0.25, -0.2) is 9.78 Å². The minimum absolute atomic E-state index is 0.100. The fraction of sp³-hybridized carbons (Fsp3) is 0.412. The van der Waals surface area contributed by atoms with Crippen molar-refractivity contribution >= 4 is 11.0 Å². The van der Waals surface area contributed by atoms with Crippen LogP contribution < -0.4 is 16.0 Å². The van der Waals surface area contributed by atoms with Crippen LogP contribution in [0.3, 0.4) is 0 Å². The van der Waals surface area contributed by atoms with E-state index in [1.807, 2.05) is 4.98 Å². The van der Waals surface area contributed by atoms with E-state index in [-0.39, 0.29) is 18.1 Å². The summed E-state index contributed by atoms with van der Waals surface area (Å²) in [5.41, 5.74) is -0.254. The molecule has 1 aromatic rings. The monoisotopic (exact) mass is 392 g/mol. The SMILES string of the molecule is COc1cc2c(cc1C)nc1c(=O)[nH]c(=O)nc-1n2C[C@H](O)[C@H](O)[C@H](O)CO. The number of benzene rings is 1. The van der Waals surface area contributed by atoms with Gasteiger partial charge in [-0.1, -0.05) is 0 Å². The number of nitrogens with one attached hydrogen (secondary N) is 1. The van der Waals surface area contributed by atoms with Gasteiger partial charge >= 0.3 is 5.69 Å². The highest BCUT2D eigenvalue weighted by molar-refractivity contribution is 5.82. The number of aliphatic hydroxyl groups excluding tert-OH is 4. The number of aromatic nitrogens is 4. The number of H-pyrrole nitrogens is 1. The van der Waals surface area contributed by atoms with Gasteiger partial charge in [0, 0.05) is 6.07 Å². The molecule has 5 N–H and O–H groups in total. The highest BCUT2D eigenvalue weighted by Gasteiger charge is 2.27. The first-order valence-corrected chi connectivity index (χ1v) is 8.41. The maximum Gasteiger partial charge on any atom is 0.349 e. The molecule has 3 rings (SSSR count). The van der Waals surface area contributed by atoms with E-state index >= 15 is 0 Å². The Morgan fingerprint density at radius 3 is 2.54 bits per heavy atom. The largest absolute Gasteiger partial charge is 0.496 e. The van der Waals surface area contributed by atoms with Crippen LogP contribution in [-0.2, 0) is 6.54 Å². The second-order valence-corrected chi connectivity index (χ2v) is 6.38. The van der Waals surface area contributed by atoms with E-state index in [9.17, 15) is 24.9 Å². The van der Waals surface area contributed by atoms with Crippen LogP contribution in [0.25, 0.3) is 22.6 Å². The Hall–Kier alpha value is -2.86. The zero-order valence-corrected chi connectivity index (χ0v) is 15.2. The van der Waals surface area contributed by atoms with E-state index < -0.39 is 36.2 Å². The van der Waals surface area contributed by atoms with Crippen LogP contribution in [-0.4, -0.2) is 72.0 Å². The van der Waals surface area contributed by atoms with Crippen molar-refractivity contribution in [3.8, 4) is 17.3 Å². The lowest BCUT2D eigenvalue weighted by molar-refractivity contribution is -0.0802. The quantitative estimate of drug-likeness (QED) is 0.297. The summed E-state index contributed by atoms with van der Waals surface area (Å²) in [6.45, 7) is 0.695. The molecule has 0 saturated carbocycles. The minimum atomic E-state index is -1.67. The molecule has 3 atom stereocenters. The molecular formula is C17H20N4O7. The average Bonchev–Trinajstić information content (AvgIpc) is 2.66. The predicted molar refractivity (Wildman–Crippen MR) is 97.4 cm³/mol. The maximum absolute atomic E-state index is 12.2. The zero-order chi connectivity index (χ0) is 20.6. The first kappa shape index (κ1) is 19.9. The molecule has 0 unspecified atom stereocenters. The molecule has 150 valence electrons. The molecule has 2 aliphatic heterocycles. The zero-order valence-electron chi connectivity index (χ0n) is 15.2. The number of rotatable bonds is 6. The molecular weight excluding hydrogens is 372 g/mol. The smallest absolute Gasteiger partial charge is 0.349 e. The molecule has 0 bridgehead atoms. The molecule has 2 aliphatic rings. The first-order chi connectivity index (χ1) is 13.3. The number of ether oxygens (including phenoxy) is 1. The molecule has 11 nitrogen and oxygen atoms in total. The van der Waals surface area contributed by atoms with E-state index in [2.05, 4.69) is 9.97 Å².